The fourth-order valence-corrected chi connectivity index (χ4v) is 4.31. The zero-order valence-corrected chi connectivity index (χ0v) is 13.2. The number of nitrogens with zero attached hydrogens (tertiary/aromatic N) is 4. The summed E-state index contributed by atoms with van der Waals surface area (Å²) in [5.74, 6) is 0.958. The molecular weight excluding hydrogens is 300 g/mol. The zero-order valence-electron chi connectivity index (χ0n) is 12.4. The molecule has 0 saturated carbocycles. The third-order valence-electron chi connectivity index (χ3n) is 4.58. The Bertz CT molecular complexity index is 643. The van der Waals surface area contributed by atoms with Crippen molar-refractivity contribution in [2.75, 3.05) is 44.3 Å². The molecule has 0 aromatic carbocycles. The molecule has 2 atom stereocenters. The minimum atomic E-state index is -0.350. The van der Waals surface area contributed by atoms with Crippen molar-refractivity contribution in [3.63, 3.8) is 0 Å². The van der Waals surface area contributed by atoms with Gasteiger partial charge in [-0.05, 0) is 17.9 Å². The molecule has 2 aromatic heterocycles. The minimum Gasteiger partial charge on any atom is -0.390 e. The number of aromatic nitrogens is 2. The van der Waals surface area contributed by atoms with Gasteiger partial charge in [0.2, 0.25) is 0 Å². The Morgan fingerprint density at radius 3 is 2.91 bits per heavy atom. The molecule has 0 bridgehead atoms. The van der Waals surface area contributed by atoms with Crippen LogP contribution < -0.4 is 4.90 Å². The number of anilines is 1. The van der Waals surface area contributed by atoms with Gasteiger partial charge in [0.1, 0.15) is 12.1 Å². The lowest BCUT2D eigenvalue weighted by molar-refractivity contribution is -0.0274. The summed E-state index contributed by atoms with van der Waals surface area (Å²) >= 11 is 1.66. The van der Waals surface area contributed by atoms with Gasteiger partial charge in [0, 0.05) is 32.2 Å². The highest BCUT2D eigenvalue weighted by Crippen LogP contribution is 2.30. The quantitative estimate of drug-likeness (QED) is 0.889. The molecular formula is C15H20N4O2S. The molecule has 0 unspecified atom stereocenters. The summed E-state index contributed by atoms with van der Waals surface area (Å²) in [4.78, 5) is 13.3. The van der Waals surface area contributed by atoms with Gasteiger partial charge in [0.25, 0.3) is 0 Å². The predicted octanol–water partition coefficient (Wildman–Crippen LogP) is 0.963. The molecule has 0 spiro atoms. The standard InChI is InChI=1S/C15H20N4O2S/c20-13-9-19(3-1-12(13)18-4-6-21-7-5-18)15-14-11(2-8-22-14)16-10-17-15/h2,8,10,12-13,20H,1,3-7,9H2/t12-,13-/m0/s1. The Morgan fingerprint density at radius 1 is 1.23 bits per heavy atom. The van der Waals surface area contributed by atoms with E-state index in [0.29, 0.717) is 6.54 Å². The van der Waals surface area contributed by atoms with Gasteiger partial charge in [-0.15, -0.1) is 11.3 Å². The average Bonchev–Trinajstić information content (AvgIpc) is 3.04. The van der Waals surface area contributed by atoms with Crippen molar-refractivity contribution in [2.45, 2.75) is 18.6 Å². The van der Waals surface area contributed by atoms with E-state index in [0.717, 1.165) is 55.3 Å². The van der Waals surface area contributed by atoms with Crippen LogP contribution in [0.3, 0.4) is 0 Å². The number of aliphatic hydroxyl groups is 1. The molecule has 6 nitrogen and oxygen atoms in total. The van der Waals surface area contributed by atoms with Crippen molar-refractivity contribution in [3.05, 3.63) is 17.8 Å². The maximum atomic E-state index is 10.6. The number of ether oxygens (including phenoxy) is 1. The van der Waals surface area contributed by atoms with Crippen molar-refractivity contribution in [3.8, 4) is 0 Å². The number of rotatable bonds is 2. The predicted molar refractivity (Wildman–Crippen MR) is 86.4 cm³/mol. The van der Waals surface area contributed by atoms with Crippen LogP contribution in [0.1, 0.15) is 6.42 Å². The van der Waals surface area contributed by atoms with Gasteiger partial charge in [-0.2, -0.15) is 0 Å². The molecule has 2 aromatic rings. The minimum absolute atomic E-state index is 0.237. The molecule has 2 aliphatic rings. The molecule has 4 heterocycles. The lowest BCUT2D eigenvalue weighted by atomic mass is 9.99. The van der Waals surface area contributed by atoms with Crippen LogP contribution in [0.25, 0.3) is 10.2 Å². The third kappa shape index (κ3) is 2.58. The van der Waals surface area contributed by atoms with E-state index in [4.69, 9.17) is 4.74 Å². The van der Waals surface area contributed by atoms with Gasteiger partial charge in [-0.3, -0.25) is 4.90 Å². The Kier molecular flexibility index (Phi) is 3.96. The summed E-state index contributed by atoms with van der Waals surface area (Å²) in [5, 5.41) is 12.7. The Morgan fingerprint density at radius 2 is 2.09 bits per heavy atom. The normalized spacial score (nSPS) is 27.4. The number of hydrogen-bond donors (Lipinski definition) is 1. The summed E-state index contributed by atoms with van der Waals surface area (Å²) in [6, 6.07) is 2.25. The molecule has 118 valence electrons. The first-order valence-corrected chi connectivity index (χ1v) is 8.64. The fourth-order valence-electron chi connectivity index (χ4n) is 3.45. The van der Waals surface area contributed by atoms with Gasteiger partial charge in [-0.1, -0.05) is 0 Å². The summed E-state index contributed by atoms with van der Waals surface area (Å²) < 4.78 is 6.52. The number of piperidine rings is 1. The van der Waals surface area contributed by atoms with Gasteiger partial charge >= 0.3 is 0 Å². The van der Waals surface area contributed by atoms with Crippen LogP contribution in [-0.4, -0.2) is 71.5 Å². The van der Waals surface area contributed by atoms with E-state index in [1.165, 1.54) is 0 Å². The van der Waals surface area contributed by atoms with Crippen molar-refractivity contribution < 1.29 is 9.84 Å². The Labute approximate surface area is 133 Å². The maximum Gasteiger partial charge on any atom is 0.150 e. The zero-order chi connectivity index (χ0) is 14.9. The van der Waals surface area contributed by atoms with Crippen molar-refractivity contribution in [1.82, 2.24) is 14.9 Å². The van der Waals surface area contributed by atoms with Crippen LogP contribution in [-0.2, 0) is 4.74 Å². The molecule has 22 heavy (non-hydrogen) atoms. The van der Waals surface area contributed by atoms with Crippen LogP contribution in [0.5, 0.6) is 0 Å². The molecule has 7 heteroatoms. The number of aliphatic hydroxyl groups excluding tert-OH is 1. The number of β-amino-alcohol motifs (C(OH)–C–C–N with tert-alkyl or cyclic N) is 1. The van der Waals surface area contributed by atoms with Gasteiger partial charge in [0.15, 0.2) is 0 Å². The van der Waals surface area contributed by atoms with E-state index < -0.39 is 0 Å². The van der Waals surface area contributed by atoms with Gasteiger partial charge in [-0.25, -0.2) is 9.97 Å². The van der Waals surface area contributed by atoms with Gasteiger partial charge in [0.05, 0.1) is 29.5 Å². The van der Waals surface area contributed by atoms with Crippen LogP contribution in [0.15, 0.2) is 17.8 Å². The second-order valence-electron chi connectivity index (χ2n) is 5.85. The molecule has 1 N–H and O–H groups in total. The highest BCUT2D eigenvalue weighted by Gasteiger charge is 2.33. The van der Waals surface area contributed by atoms with E-state index in [1.807, 2.05) is 11.4 Å². The molecule has 2 saturated heterocycles. The topological polar surface area (TPSA) is 61.7 Å². The first kappa shape index (κ1) is 14.3. The second kappa shape index (κ2) is 6.08. The van der Waals surface area contributed by atoms with E-state index in [2.05, 4.69) is 19.8 Å². The Hall–Kier alpha value is -1.28. The Balaban J connectivity index is 1.51. The monoisotopic (exact) mass is 320 g/mol. The van der Waals surface area contributed by atoms with E-state index in [1.54, 1.807) is 17.7 Å². The fraction of sp³-hybridized carbons (Fsp3) is 0.600. The highest BCUT2D eigenvalue weighted by atomic mass is 32.1. The number of hydrogen-bond acceptors (Lipinski definition) is 7. The van der Waals surface area contributed by atoms with E-state index >= 15 is 0 Å². The van der Waals surface area contributed by atoms with E-state index in [-0.39, 0.29) is 12.1 Å². The number of fused-ring (bicyclic) bond motifs is 1. The van der Waals surface area contributed by atoms with Crippen LogP contribution >= 0.6 is 11.3 Å². The van der Waals surface area contributed by atoms with Crippen LogP contribution in [0, 0.1) is 0 Å². The van der Waals surface area contributed by atoms with Crippen LogP contribution in [0.2, 0.25) is 0 Å². The molecule has 0 aliphatic carbocycles. The first-order valence-electron chi connectivity index (χ1n) is 7.76. The molecule has 0 amide bonds. The molecule has 4 rings (SSSR count). The summed E-state index contributed by atoms with van der Waals surface area (Å²) in [6.07, 6.45) is 2.22. The molecule has 2 aliphatic heterocycles. The van der Waals surface area contributed by atoms with Gasteiger partial charge < -0.3 is 14.7 Å². The van der Waals surface area contributed by atoms with Crippen LogP contribution in [0.4, 0.5) is 5.82 Å². The highest BCUT2D eigenvalue weighted by molar-refractivity contribution is 7.17. The number of morpholine rings is 1. The second-order valence-corrected chi connectivity index (χ2v) is 6.77. The number of thiophene rings is 1. The average molecular weight is 320 g/mol. The molecule has 0 radical (unpaired) electrons. The largest absolute Gasteiger partial charge is 0.390 e. The summed E-state index contributed by atoms with van der Waals surface area (Å²) in [5.41, 5.74) is 0.986. The SMILES string of the molecule is O[C@H]1CN(c2ncnc3ccsc23)CC[C@@H]1N1CCOCC1. The summed E-state index contributed by atoms with van der Waals surface area (Å²) in [6.45, 7) is 4.94. The first-order chi connectivity index (χ1) is 10.8. The molecule has 2 fully saturated rings. The lowest BCUT2D eigenvalue weighted by Gasteiger charge is -2.43. The lowest BCUT2D eigenvalue weighted by Crippen LogP contribution is -2.56. The maximum absolute atomic E-state index is 10.6. The smallest absolute Gasteiger partial charge is 0.150 e. The van der Waals surface area contributed by atoms with E-state index in [9.17, 15) is 5.11 Å². The third-order valence-corrected chi connectivity index (χ3v) is 5.48. The van der Waals surface area contributed by atoms with Crippen molar-refractivity contribution in [1.29, 1.82) is 0 Å². The summed E-state index contributed by atoms with van der Waals surface area (Å²) in [7, 11) is 0. The van der Waals surface area contributed by atoms with Crippen molar-refractivity contribution >= 4 is 27.4 Å². The van der Waals surface area contributed by atoms with Crippen molar-refractivity contribution in [2.24, 2.45) is 0 Å².